The summed E-state index contributed by atoms with van der Waals surface area (Å²) in [5, 5.41) is 4.31. The van der Waals surface area contributed by atoms with Gasteiger partial charge in [-0.2, -0.15) is 0 Å². The zero-order chi connectivity index (χ0) is 20.3. The highest BCUT2D eigenvalue weighted by molar-refractivity contribution is 7.80. The van der Waals surface area contributed by atoms with E-state index in [1.807, 2.05) is 36.8 Å². The fraction of sp³-hybridized carbons (Fsp3) is 0.375. The maximum absolute atomic E-state index is 5.79. The number of nitrogens with one attached hydrogen (secondary N) is 1. The molecule has 1 N–H and O–H groups in total. The average molecular weight is 418 g/mol. The molecule has 5 rings (SSSR count). The van der Waals surface area contributed by atoms with Crippen LogP contribution in [-0.2, 0) is 6.54 Å². The molecular formula is C24H27N5S. The molecule has 4 heterocycles. The van der Waals surface area contributed by atoms with Crippen LogP contribution >= 0.6 is 12.2 Å². The van der Waals surface area contributed by atoms with Gasteiger partial charge < -0.3 is 14.8 Å². The van der Waals surface area contributed by atoms with Crippen LogP contribution in [0.5, 0.6) is 0 Å². The van der Waals surface area contributed by atoms with E-state index in [9.17, 15) is 0 Å². The van der Waals surface area contributed by atoms with E-state index in [4.69, 9.17) is 12.2 Å². The Morgan fingerprint density at radius 3 is 2.70 bits per heavy atom. The van der Waals surface area contributed by atoms with Crippen LogP contribution in [0.4, 0.5) is 0 Å². The van der Waals surface area contributed by atoms with Crippen molar-refractivity contribution in [2.75, 3.05) is 0 Å². The van der Waals surface area contributed by atoms with Gasteiger partial charge in [-0.05, 0) is 60.5 Å². The molecule has 0 bridgehead atoms. The quantitative estimate of drug-likeness (QED) is 0.595. The minimum Gasteiger partial charge on any atom is -0.352 e. The summed E-state index contributed by atoms with van der Waals surface area (Å²) in [7, 11) is 0. The molecule has 154 valence electrons. The number of pyridine rings is 2. The second kappa shape index (κ2) is 8.56. The molecule has 3 aromatic rings. The molecule has 0 unspecified atom stereocenters. The number of hydrogen-bond acceptors (Lipinski definition) is 3. The van der Waals surface area contributed by atoms with Gasteiger partial charge in [0.2, 0.25) is 0 Å². The molecule has 0 aromatic carbocycles. The monoisotopic (exact) mass is 417 g/mol. The predicted octanol–water partition coefficient (Wildman–Crippen LogP) is 4.96. The second-order valence-corrected chi connectivity index (χ2v) is 8.69. The topological polar surface area (TPSA) is 46.0 Å². The number of thiocarbonyl (C=S) groups is 1. The fourth-order valence-corrected chi connectivity index (χ4v) is 5.14. The van der Waals surface area contributed by atoms with Gasteiger partial charge in [-0.1, -0.05) is 31.4 Å². The first-order valence-electron chi connectivity index (χ1n) is 10.8. The molecule has 3 aromatic heterocycles. The first-order valence-corrected chi connectivity index (χ1v) is 11.2. The Balaban J connectivity index is 1.49. The van der Waals surface area contributed by atoms with E-state index in [1.165, 1.54) is 37.7 Å². The van der Waals surface area contributed by atoms with Crippen molar-refractivity contribution in [1.82, 2.24) is 24.8 Å². The first-order chi connectivity index (χ1) is 14.8. The molecular weight excluding hydrogens is 390 g/mol. The van der Waals surface area contributed by atoms with Gasteiger partial charge in [0.15, 0.2) is 5.11 Å². The van der Waals surface area contributed by atoms with Gasteiger partial charge in [0.05, 0.1) is 17.8 Å². The molecule has 2 aliphatic rings. The minimum absolute atomic E-state index is 0.0255. The zero-order valence-corrected chi connectivity index (χ0v) is 17.8. The summed E-state index contributed by atoms with van der Waals surface area (Å²) in [6.07, 6.45) is 16.8. The van der Waals surface area contributed by atoms with Crippen LogP contribution in [0, 0.1) is 0 Å². The maximum Gasteiger partial charge on any atom is 0.170 e. The van der Waals surface area contributed by atoms with E-state index in [1.54, 1.807) is 0 Å². The molecule has 0 amide bonds. The Morgan fingerprint density at radius 1 is 1.03 bits per heavy atom. The Hall–Kier alpha value is -2.73. The van der Waals surface area contributed by atoms with Gasteiger partial charge in [-0.25, -0.2) is 0 Å². The molecule has 2 fully saturated rings. The van der Waals surface area contributed by atoms with Crippen molar-refractivity contribution in [3.63, 3.8) is 0 Å². The molecule has 1 saturated carbocycles. The normalized spacial score (nSPS) is 22.3. The smallest absolute Gasteiger partial charge is 0.170 e. The third kappa shape index (κ3) is 3.84. The predicted molar refractivity (Wildman–Crippen MR) is 122 cm³/mol. The van der Waals surface area contributed by atoms with Crippen LogP contribution in [0.2, 0.25) is 0 Å². The highest BCUT2D eigenvalue weighted by atomic mass is 32.1. The second-order valence-electron chi connectivity index (χ2n) is 8.30. The molecule has 0 radical (unpaired) electrons. The lowest BCUT2D eigenvalue weighted by atomic mass is 9.95. The molecule has 30 heavy (non-hydrogen) atoms. The maximum atomic E-state index is 5.79. The Labute approximate surface area is 183 Å². The summed E-state index contributed by atoms with van der Waals surface area (Å²) >= 11 is 5.79. The molecule has 0 spiro atoms. The van der Waals surface area contributed by atoms with Gasteiger partial charge in [-0.15, -0.1) is 0 Å². The molecule has 1 saturated heterocycles. The first kappa shape index (κ1) is 19.2. The number of hydrogen-bond donors (Lipinski definition) is 1. The van der Waals surface area contributed by atoms with E-state index in [0.29, 0.717) is 6.04 Å². The Morgan fingerprint density at radius 2 is 1.93 bits per heavy atom. The molecule has 1 aliphatic heterocycles. The lowest BCUT2D eigenvalue weighted by molar-refractivity contribution is 0.308. The third-order valence-corrected chi connectivity index (χ3v) is 6.70. The van der Waals surface area contributed by atoms with E-state index in [-0.39, 0.29) is 12.1 Å². The van der Waals surface area contributed by atoms with Gasteiger partial charge >= 0.3 is 0 Å². The summed E-state index contributed by atoms with van der Waals surface area (Å²) in [4.78, 5) is 11.2. The van der Waals surface area contributed by atoms with Crippen molar-refractivity contribution in [2.24, 2.45) is 0 Å². The lowest BCUT2D eigenvalue weighted by Gasteiger charge is -2.27. The number of aromatic nitrogens is 3. The van der Waals surface area contributed by atoms with Crippen LogP contribution in [0.25, 0.3) is 0 Å². The van der Waals surface area contributed by atoms with Crippen molar-refractivity contribution in [3.05, 3.63) is 84.2 Å². The van der Waals surface area contributed by atoms with Crippen molar-refractivity contribution < 1.29 is 0 Å². The zero-order valence-electron chi connectivity index (χ0n) is 17.0. The fourth-order valence-electron chi connectivity index (χ4n) is 4.84. The third-order valence-electron chi connectivity index (χ3n) is 6.35. The summed E-state index contributed by atoms with van der Waals surface area (Å²) in [6.45, 7) is 0.724. The van der Waals surface area contributed by atoms with Gasteiger partial charge in [0.25, 0.3) is 0 Å². The van der Waals surface area contributed by atoms with Crippen LogP contribution in [0.15, 0.2) is 67.4 Å². The molecule has 2 atom stereocenters. The van der Waals surface area contributed by atoms with Gasteiger partial charge in [-0.3, -0.25) is 9.97 Å². The van der Waals surface area contributed by atoms with E-state index in [2.05, 4.69) is 55.3 Å². The molecule has 6 heteroatoms. The minimum atomic E-state index is 0.0255. The van der Waals surface area contributed by atoms with E-state index < -0.39 is 0 Å². The van der Waals surface area contributed by atoms with Crippen molar-refractivity contribution in [1.29, 1.82) is 0 Å². The van der Waals surface area contributed by atoms with Crippen LogP contribution < -0.4 is 5.32 Å². The lowest BCUT2D eigenvalue weighted by Crippen LogP contribution is -2.29. The summed E-state index contributed by atoms with van der Waals surface area (Å²) < 4.78 is 2.42. The SMILES string of the molecule is S=C1N[C@H](c2ccccn2)[C@H](c2ccn(C3CCCCC3)c2)N1Cc1cccnc1. The Kier molecular flexibility index (Phi) is 5.49. The molecule has 1 aliphatic carbocycles. The van der Waals surface area contributed by atoms with Crippen molar-refractivity contribution >= 4 is 17.3 Å². The van der Waals surface area contributed by atoms with Crippen LogP contribution in [0.1, 0.15) is 67.1 Å². The highest BCUT2D eigenvalue weighted by Crippen LogP contribution is 2.40. The van der Waals surface area contributed by atoms with Crippen molar-refractivity contribution in [3.8, 4) is 0 Å². The van der Waals surface area contributed by atoms with E-state index in [0.717, 1.165) is 22.9 Å². The standard InChI is InChI=1S/C24H27N5S/c30-24-27-22(21-10-4-5-13-26-21)23(29(24)16-18-7-6-12-25-15-18)19-11-14-28(17-19)20-8-2-1-3-9-20/h4-7,10-15,17,20,22-23H,1-3,8-9,16H2,(H,27,30)/t22-,23+/m1/s1. The van der Waals surface area contributed by atoms with Gasteiger partial charge in [0.1, 0.15) is 0 Å². The highest BCUT2D eigenvalue weighted by Gasteiger charge is 2.40. The van der Waals surface area contributed by atoms with Crippen molar-refractivity contribution in [2.45, 2.75) is 56.8 Å². The van der Waals surface area contributed by atoms with Crippen LogP contribution in [-0.4, -0.2) is 24.5 Å². The summed E-state index contributed by atoms with van der Waals surface area (Å²) in [5.41, 5.74) is 3.46. The average Bonchev–Trinajstić information content (AvgIpc) is 3.41. The number of rotatable bonds is 5. The molecule has 5 nitrogen and oxygen atoms in total. The Bertz CT molecular complexity index is 981. The largest absolute Gasteiger partial charge is 0.352 e. The van der Waals surface area contributed by atoms with Crippen LogP contribution in [0.3, 0.4) is 0 Å². The summed E-state index contributed by atoms with van der Waals surface area (Å²) in [5.74, 6) is 0. The summed E-state index contributed by atoms with van der Waals surface area (Å²) in [6, 6.07) is 13.2. The van der Waals surface area contributed by atoms with Gasteiger partial charge in [0, 0.05) is 43.6 Å². The number of nitrogens with zero attached hydrogens (tertiary/aromatic N) is 4. The van der Waals surface area contributed by atoms with E-state index >= 15 is 0 Å².